The summed E-state index contributed by atoms with van der Waals surface area (Å²) in [4.78, 5) is 14.7. The minimum Gasteiger partial charge on any atom is -0.307 e. The zero-order chi connectivity index (χ0) is 20.5. The Hall–Kier alpha value is -1.60. The van der Waals surface area contributed by atoms with Crippen LogP contribution in [-0.4, -0.2) is 43.7 Å². The Morgan fingerprint density at radius 2 is 1.64 bits per heavy atom. The van der Waals surface area contributed by atoms with Crippen molar-refractivity contribution in [1.29, 1.82) is 0 Å². The summed E-state index contributed by atoms with van der Waals surface area (Å²) >= 11 is 0. The summed E-state index contributed by atoms with van der Waals surface area (Å²) in [5.41, 5.74) is 5.86. The number of nitrogens with one attached hydrogen (secondary N) is 2. The molecule has 1 aromatic rings. The molecule has 0 aliphatic heterocycles. The highest BCUT2D eigenvalue weighted by molar-refractivity contribution is 7.90. The third-order valence-corrected chi connectivity index (χ3v) is 7.43. The molecule has 1 aromatic carbocycles. The van der Waals surface area contributed by atoms with Gasteiger partial charge in [0.2, 0.25) is 10.0 Å². The molecule has 2 N–H and O–H groups in total. The van der Waals surface area contributed by atoms with Crippen LogP contribution in [0.25, 0.3) is 0 Å². The van der Waals surface area contributed by atoms with Gasteiger partial charge in [-0.2, -0.15) is 0 Å². The molecule has 0 fully saturated rings. The molecule has 1 atom stereocenters. The van der Waals surface area contributed by atoms with Crippen LogP contribution >= 0.6 is 0 Å². The molecule has 0 aromatic heterocycles. The Kier molecular flexibility index (Phi) is 6.34. The molecular formula is C21H33N3O3S. The van der Waals surface area contributed by atoms with E-state index in [0.717, 1.165) is 50.8 Å². The van der Waals surface area contributed by atoms with E-state index in [-0.39, 0.29) is 17.8 Å². The monoisotopic (exact) mass is 407 g/mol. The van der Waals surface area contributed by atoms with Crippen LogP contribution in [0.3, 0.4) is 0 Å². The van der Waals surface area contributed by atoms with Gasteiger partial charge < -0.3 is 5.32 Å². The van der Waals surface area contributed by atoms with Crippen molar-refractivity contribution in [3.05, 3.63) is 28.3 Å². The summed E-state index contributed by atoms with van der Waals surface area (Å²) in [5.74, 6) is -0.0998. The van der Waals surface area contributed by atoms with Crippen molar-refractivity contribution in [1.82, 2.24) is 9.62 Å². The molecule has 2 aliphatic rings. The molecule has 7 heteroatoms. The number of carbonyl (C=O) groups excluding carboxylic acids is 1. The lowest BCUT2D eigenvalue weighted by atomic mass is 9.99. The van der Waals surface area contributed by atoms with E-state index >= 15 is 0 Å². The number of amides is 2. The van der Waals surface area contributed by atoms with Crippen molar-refractivity contribution < 1.29 is 13.2 Å². The molecule has 28 heavy (non-hydrogen) atoms. The number of benzene rings is 1. The molecule has 0 radical (unpaired) electrons. The van der Waals surface area contributed by atoms with Gasteiger partial charge in [-0.15, -0.1) is 0 Å². The summed E-state index contributed by atoms with van der Waals surface area (Å²) in [6, 6.07) is 1.73. The fraction of sp³-hybridized carbons (Fsp3) is 0.667. The lowest BCUT2D eigenvalue weighted by Gasteiger charge is -2.31. The molecule has 0 bridgehead atoms. The largest absolute Gasteiger partial charge is 0.332 e. The van der Waals surface area contributed by atoms with Crippen molar-refractivity contribution in [2.45, 2.75) is 78.3 Å². The number of sulfonamides is 1. The van der Waals surface area contributed by atoms with Crippen LogP contribution in [0.2, 0.25) is 0 Å². The molecule has 6 nitrogen and oxygen atoms in total. The fourth-order valence-corrected chi connectivity index (χ4v) is 6.13. The maximum absolute atomic E-state index is 12.6. The van der Waals surface area contributed by atoms with E-state index in [1.54, 1.807) is 0 Å². The van der Waals surface area contributed by atoms with Crippen molar-refractivity contribution in [3.63, 3.8) is 0 Å². The lowest BCUT2D eigenvalue weighted by Crippen LogP contribution is -2.46. The van der Waals surface area contributed by atoms with E-state index in [1.807, 2.05) is 27.7 Å². The lowest BCUT2D eigenvalue weighted by molar-refractivity contribution is 0.187. The second-order valence-electron chi connectivity index (χ2n) is 8.34. The van der Waals surface area contributed by atoms with Crippen molar-refractivity contribution in [3.8, 4) is 0 Å². The number of anilines is 1. The number of nitrogens with zero attached hydrogens (tertiary/aromatic N) is 1. The molecular weight excluding hydrogens is 374 g/mol. The number of hydrogen-bond acceptors (Lipinski definition) is 4. The first-order chi connectivity index (χ1) is 13.2. The molecule has 1 unspecified atom stereocenters. The quantitative estimate of drug-likeness (QED) is 0.727. The highest BCUT2D eigenvalue weighted by atomic mass is 32.2. The topological polar surface area (TPSA) is 78.5 Å². The third-order valence-electron chi connectivity index (χ3n) is 6.01. The Morgan fingerprint density at radius 1 is 1.07 bits per heavy atom. The Labute approximate surface area is 169 Å². The predicted octanol–water partition coefficient (Wildman–Crippen LogP) is 3.23. The first-order valence-electron chi connectivity index (χ1n) is 10.5. The van der Waals surface area contributed by atoms with Crippen molar-refractivity contribution >= 4 is 21.7 Å². The highest BCUT2D eigenvalue weighted by Crippen LogP contribution is 2.38. The van der Waals surface area contributed by atoms with E-state index in [4.69, 9.17) is 0 Å². The molecule has 0 heterocycles. The van der Waals surface area contributed by atoms with E-state index in [9.17, 15) is 13.2 Å². The third kappa shape index (κ3) is 4.51. The van der Waals surface area contributed by atoms with Gasteiger partial charge in [-0.05, 0) is 88.1 Å². The molecule has 0 spiro atoms. The Bertz CT molecular complexity index is 817. The second-order valence-corrected chi connectivity index (χ2v) is 10.1. The zero-order valence-corrected chi connectivity index (χ0v) is 18.3. The van der Waals surface area contributed by atoms with Crippen LogP contribution in [0.15, 0.2) is 6.07 Å². The fourth-order valence-electron chi connectivity index (χ4n) is 4.89. The number of urea groups is 1. The Balaban J connectivity index is 1.71. The first kappa shape index (κ1) is 21.1. The minimum absolute atomic E-state index is 0.0998. The van der Waals surface area contributed by atoms with Crippen LogP contribution < -0.4 is 10.0 Å². The summed E-state index contributed by atoms with van der Waals surface area (Å²) < 4.78 is 27.3. The van der Waals surface area contributed by atoms with E-state index < -0.39 is 16.1 Å². The molecule has 156 valence electrons. The predicted molar refractivity (Wildman–Crippen MR) is 113 cm³/mol. The summed E-state index contributed by atoms with van der Waals surface area (Å²) in [5, 5.41) is 2.90. The summed E-state index contributed by atoms with van der Waals surface area (Å²) in [6.45, 7) is 8.76. The van der Waals surface area contributed by atoms with Crippen LogP contribution in [0.1, 0.15) is 62.8 Å². The van der Waals surface area contributed by atoms with Gasteiger partial charge in [0, 0.05) is 17.8 Å². The zero-order valence-electron chi connectivity index (χ0n) is 17.5. The van der Waals surface area contributed by atoms with Gasteiger partial charge in [0.05, 0.1) is 5.75 Å². The minimum atomic E-state index is -3.72. The second kappa shape index (κ2) is 8.41. The molecule has 2 aliphatic carbocycles. The molecule has 3 rings (SSSR count). The van der Waals surface area contributed by atoms with E-state index in [2.05, 4.69) is 21.0 Å². The van der Waals surface area contributed by atoms with Crippen LogP contribution in [-0.2, 0) is 35.7 Å². The summed E-state index contributed by atoms with van der Waals surface area (Å²) in [7, 11) is -3.72. The molecule has 0 saturated carbocycles. The number of rotatable bonds is 7. The average Bonchev–Trinajstić information content (AvgIpc) is 3.22. The van der Waals surface area contributed by atoms with Gasteiger partial charge in [-0.25, -0.2) is 17.9 Å². The first-order valence-corrected chi connectivity index (χ1v) is 12.1. The maximum atomic E-state index is 12.6. The van der Waals surface area contributed by atoms with Crippen LogP contribution in [0.5, 0.6) is 0 Å². The highest BCUT2D eigenvalue weighted by Gasteiger charge is 2.27. The smallest absolute Gasteiger partial charge is 0.307 e. The van der Waals surface area contributed by atoms with Gasteiger partial charge in [-0.1, -0.05) is 13.0 Å². The van der Waals surface area contributed by atoms with E-state index in [0.29, 0.717) is 0 Å². The normalized spacial score (nSPS) is 16.9. The van der Waals surface area contributed by atoms with Gasteiger partial charge >= 0.3 is 6.03 Å². The SMILES string of the molecule is CCN(C(C)C)C(C)CS(=O)(=O)NC(=O)Nc1c2c(cc3c1CCC3)CCC2. The number of carbonyl (C=O) groups is 1. The Morgan fingerprint density at radius 3 is 2.14 bits per heavy atom. The number of aryl methyl sites for hydroxylation is 2. The maximum Gasteiger partial charge on any atom is 0.332 e. The van der Waals surface area contributed by atoms with E-state index in [1.165, 1.54) is 22.3 Å². The van der Waals surface area contributed by atoms with Crippen LogP contribution in [0, 0.1) is 0 Å². The summed E-state index contributed by atoms with van der Waals surface area (Å²) in [6.07, 6.45) is 6.15. The van der Waals surface area contributed by atoms with Crippen molar-refractivity contribution in [2.24, 2.45) is 0 Å². The van der Waals surface area contributed by atoms with Crippen LogP contribution in [0.4, 0.5) is 10.5 Å². The molecule has 0 saturated heterocycles. The number of fused-ring (bicyclic) bond motifs is 2. The average molecular weight is 408 g/mol. The standard InChI is InChI=1S/C21H33N3O3S/c1-5-24(14(2)3)15(4)13-28(26,27)23-21(25)22-20-18-10-6-8-16(18)12-17-9-7-11-19(17)20/h12,14-15H,5-11,13H2,1-4H3,(H2,22,23,25). The molecule has 2 amide bonds. The van der Waals surface area contributed by atoms with Gasteiger partial charge in [-0.3, -0.25) is 4.90 Å². The van der Waals surface area contributed by atoms with Gasteiger partial charge in [0.25, 0.3) is 0 Å². The van der Waals surface area contributed by atoms with Gasteiger partial charge in [0.1, 0.15) is 0 Å². The van der Waals surface area contributed by atoms with Gasteiger partial charge in [0.15, 0.2) is 0 Å². The number of hydrogen-bond donors (Lipinski definition) is 2. The van der Waals surface area contributed by atoms with Crippen molar-refractivity contribution in [2.75, 3.05) is 17.6 Å².